The number of aromatic nitrogens is 4. The third-order valence-corrected chi connectivity index (χ3v) is 9.41. The molecule has 0 radical (unpaired) electrons. The summed E-state index contributed by atoms with van der Waals surface area (Å²) in [6.45, 7) is 4.23. The van der Waals surface area contributed by atoms with Gasteiger partial charge in [-0.15, -0.1) is 0 Å². The van der Waals surface area contributed by atoms with E-state index in [1.54, 1.807) is 12.1 Å². The summed E-state index contributed by atoms with van der Waals surface area (Å²) < 4.78 is 56.3. The normalized spacial score (nSPS) is 23.5. The molecule has 0 unspecified atom stereocenters. The first-order valence-corrected chi connectivity index (χ1v) is 17.1. The number of phosphoric acid groups is 1. The number of esters is 2. The number of carbonyl (C=O) groups excluding carboxylic acids is 2. The maximum atomic E-state index is 14.2. The van der Waals surface area contributed by atoms with Gasteiger partial charge in [0.25, 0.3) is 11.1 Å². The number of nitrogens with zero attached hydrogens (tertiary/aromatic N) is 2. The largest absolute Gasteiger partial charge is 0.530 e. The van der Waals surface area contributed by atoms with Crippen LogP contribution in [-0.2, 0) is 42.1 Å². The molecule has 5 rings (SSSR count). The molecule has 2 aliphatic rings. The number of hydrogen-bond donors (Lipinski definition) is 2. The van der Waals surface area contributed by atoms with Gasteiger partial charge in [-0.05, 0) is 26.0 Å². The van der Waals surface area contributed by atoms with Crippen molar-refractivity contribution in [1.82, 2.24) is 19.1 Å². The second-order valence-corrected chi connectivity index (χ2v) is 13.5. The number of carbonyl (C=O) groups is 2. The number of aryl methyl sites for hydroxylation is 2. The predicted octanol–water partition coefficient (Wildman–Crippen LogP) is 2.02. The first-order valence-electron chi connectivity index (χ1n) is 15.2. The molecule has 2 fully saturated rings. The zero-order valence-electron chi connectivity index (χ0n) is 27.2. The van der Waals surface area contributed by atoms with Gasteiger partial charge in [-0.1, -0.05) is 23.7 Å². The average molecular weight is 741 g/mol. The van der Waals surface area contributed by atoms with Crippen LogP contribution in [0.4, 0.5) is 0 Å². The minimum absolute atomic E-state index is 0.0273. The van der Waals surface area contributed by atoms with Crippen molar-refractivity contribution in [2.24, 2.45) is 0 Å². The van der Waals surface area contributed by atoms with Gasteiger partial charge in [0.1, 0.15) is 42.6 Å². The van der Waals surface area contributed by atoms with Gasteiger partial charge in [-0.2, -0.15) is 0 Å². The van der Waals surface area contributed by atoms with E-state index < -0.39 is 92.3 Å². The molecule has 2 N–H and O–H groups in total. The molecule has 18 nitrogen and oxygen atoms in total. The van der Waals surface area contributed by atoms with Gasteiger partial charge in [-0.3, -0.25) is 47.3 Å². The molecule has 2 aliphatic heterocycles. The first-order chi connectivity index (χ1) is 23.6. The summed E-state index contributed by atoms with van der Waals surface area (Å²) in [6.07, 6.45) is -3.66. The quantitative estimate of drug-likeness (QED) is 0.200. The first kappa shape index (κ1) is 36.9. The zero-order valence-corrected chi connectivity index (χ0v) is 28.8. The summed E-state index contributed by atoms with van der Waals surface area (Å²) in [5.41, 5.74) is -2.23. The van der Waals surface area contributed by atoms with E-state index in [9.17, 15) is 33.3 Å². The van der Waals surface area contributed by atoms with E-state index in [0.29, 0.717) is 0 Å². The van der Waals surface area contributed by atoms with Gasteiger partial charge in [0.2, 0.25) is 0 Å². The van der Waals surface area contributed by atoms with Crippen molar-refractivity contribution >= 4 is 31.4 Å². The van der Waals surface area contributed by atoms with Crippen molar-refractivity contribution < 1.29 is 46.7 Å². The fourth-order valence-corrected chi connectivity index (χ4v) is 6.84. The molecule has 50 heavy (non-hydrogen) atoms. The summed E-state index contributed by atoms with van der Waals surface area (Å²) in [4.78, 5) is 77.1. The molecule has 6 atom stereocenters. The van der Waals surface area contributed by atoms with Crippen molar-refractivity contribution in [3.05, 3.63) is 94.5 Å². The van der Waals surface area contributed by atoms with Gasteiger partial charge in [0, 0.05) is 50.2 Å². The molecule has 3 aromatic rings. The van der Waals surface area contributed by atoms with Crippen LogP contribution in [0.5, 0.6) is 5.75 Å². The van der Waals surface area contributed by atoms with E-state index in [1.165, 1.54) is 52.2 Å². The second-order valence-electron chi connectivity index (χ2n) is 11.5. The summed E-state index contributed by atoms with van der Waals surface area (Å²) in [6, 6.07) is 6.04. The lowest BCUT2D eigenvalue weighted by molar-refractivity contribution is -0.150. The van der Waals surface area contributed by atoms with Gasteiger partial charge < -0.3 is 23.5 Å². The highest BCUT2D eigenvalue weighted by Gasteiger charge is 2.44. The van der Waals surface area contributed by atoms with Crippen molar-refractivity contribution in [1.29, 1.82) is 0 Å². The van der Waals surface area contributed by atoms with Gasteiger partial charge in [-0.25, -0.2) is 14.2 Å². The SMILES string of the molecule is CC(=O)O[C@H]1C[C@H](n2cc(C)c(=O)[nH]c2=O)O[C@@H]1COP(=O)(OC[C@H]1O[C@@H](n2cc(C)c(=O)[nH]c2=O)C[C@@H]1OC(C)=O)Oc1ccccc1Cl. The Morgan fingerprint density at radius 3 is 1.68 bits per heavy atom. The van der Waals surface area contributed by atoms with Crippen LogP contribution in [0.25, 0.3) is 0 Å². The highest BCUT2D eigenvalue weighted by Crippen LogP contribution is 2.52. The Morgan fingerprint density at radius 2 is 1.26 bits per heavy atom. The number of hydrogen-bond acceptors (Lipinski definition) is 14. The number of H-pyrrole nitrogens is 2. The molecule has 0 spiro atoms. The van der Waals surface area contributed by atoms with Gasteiger partial charge in [0.05, 0.1) is 18.2 Å². The molecular formula is C30H34ClN4O14P. The minimum Gasteiger partial charge on any atom is -0.460 e. The maximum Gasteiger partial charge on any atom is 0.530 e. The van der Waals surface area contributed by atoms with Crippen molar-refractivity contribution in [3.63, 3.8) is 0 Å². The van der Waals surface area contributed by atoms with Crippen LogP contribution < -0.4 is 27.0 Å². The summed E-state index contributed by atoms with van der Waals surface area (Å²) >= 11 is 6.26. The van der Waals surface area contributed by atoms with E-state index >= 15 is 0 Å². The molecular weight excluding hydrogens is 707 g/mol. The Bertz CT molecular complexity index is 1930. The van der Waals surface area contributed by atoms with E-state index in [0.717, 1.165) is 9.13 Å². The summed E-state index contributed by atoms with van der Waals surface area (Å²) in [5.74, 6) is -1.41. The number of rotatable bonds is 12. The highest BCUT2D eigenvalue weighted by atomic mass is 35.5. The fourth-order valence-electron chi connectivity index (χ4n) is 5.38. The Kier molecular flexibility index (Phi) is 11.3. The number of ether oxygens (including phenoxy) is 4. The lowest BCUT2D eigenvalue weighted by Crippen LogP contribution is -2.34. The maximum absolute atomic E-state index is 14.2. The highest BCUT2D eigenvalue weighted by molar-refractivity contribution is 7.48. The van der Waals surface area contributed by atoms with Crippen LogP contribution in [0.15, 0.2) is 55.8 Å². The molecule has 2 saturated heterocycles. The third-order valence-electron chi connectivity index (χ3n) is 7.75. The van der Waals surface area contributed by atoms with Crippen LogP contribution in [0.2, 0.25) is 5.02 Å². The molecule has 0 bridgehead atoms. The van der Waals surface area contributed by atoms with Crippen molar-refractivity contribution in [2.45, 2.75) is 77.4 Å². The lowest BCUT2D eigenvalue weighted by Gasteiger charge is -2.25. The number of para-hydroxylation sites is 1. The van der Waals surface area contributed by atoms with E-state index in [-0.39, 0.29) is 34.7 Å². The molecule has 4 heterocycles. The van der Waals surface area contributed by atoms with Crippen LogP contribution >= 0.6 is 19.4 Å². The van der Waals surface area contributed by atoms with Gasteiger partial charge in [0.15, 0.2) is 0 Å². The predicted molar refractivity (Wildman–Crippen MR) is 172 cm³/mol. The Labute approximate surface area is 287 Å². The standard InChI is InChI=1S/C30H34ClN4O14P/c1-15-11-34(29(40)32-27(15)38)25-9-21(45-17(3)36)23(47-25)13-43-50(42,49-20-8-6-5-7-19(20)31)44-14-24-22(46-18(4)37)10-26(48-24)35-12-16(2)28(39)33-30(35)41/h5-8,11-12,21-26H,9-10,13-14H2,1-4H3,(H,32,38,40)(H,33,39,41)/t21-,22-,23+,24+,25+,26+/m0/s1. The van der Waals surface area contributed by atoms with Crippen LogP contribution in [0, 0.1) is 13.8 Å². The summed E-state index contributed by atoms with van der Waals surface area (Å²) in [7, 11) is -4.68. The van der Waals surface area contributed by atoms with Gasteiger partial charge >= 0.3 is 31.1 Å². The van der Waals surface area contributed by atoms with E-state index in [4.69, 9.17) is 44.1 Å². The number of benzene rings is 1. The average Bonchev–Trinajstić information content (AvgIpc) is 3.62. The molecule has 1 aromatic carbocycles. The number of phosphoric ester groups is 1. The van der Waals surface area contributed by atoms with Crippen molar-refractivity contribution in [3.8, 4) is 5.75 Å². The van der Waals surface area contributed by atoms with E-state index in [1.807, 2.05) is 0 Å². The Balaban J connectivity index is 1.38. The number of nitrogens with one attached hydrogen (secondary N) is 2. The summed E-state index contributed by atoms with van der Waals surface area (Å²) in [5, 5.41) is 0.0606. The van der Waals surface area contributed by atoms with E-state index in [2.05, 4.69) is 9.97 Å². The molecule has 0 saturated carbocycles. The lowest BCUT2D eigenvalue weighted by atomic mass is 10.2. The molecule has 0 aliphatic carbocycles. The smallest absolute Gasteiger partial charge is 0.460 e. The Morgan fingerprint density at radius 1 is 0.820 bits per heavy atom. The Hall–Kier alpha value is -4.32. The topological polar surface area (TPSA) is 226 Å². The monoisotopic (exact) mass is 740 g/mol. The fraction of sp³-hybridized carbons (Fsp3) is 0.467. The minimum atomic E-state index is -4.68. The molecule has 20 heteroatoms. The van der Waals surface area contributed by atoms with Crippen molar-refractivity contribution in [2.75, 3.05) is 13.2 Å². The number of aromatic amines is 2. The van der Waals surface area contributed by atoms with Crippen LogP contribution in [0.1, 0.15) is 50.3 Å². The second kappa shape index (κ2) is 15.3. The van der Waals surface area contributed by atoms with Crippen LogP contribution in [-0.4, -0.2) is 68.7 Å². The molecule has 270 valence electrons. The molecule has 0 amide bonds. The molecule has 2 aromatic heterocycles. The third kappa shape index (κ3) is 8.69. The van der Waals surface area contributed by atoms with Crippen LogP contribution in [0.3, 0.4) is 0 Å². The zero-order chi connectivity index (χ0) is 36.3. The number of halogens is 1.